The first-order chi connectivity index (χ1) is 14.6. The van der Waals surface area contributed by atoms with E-state index in [-0.39, 0.29) is 0 Å². The summed E-state index contributed by atoms with van der Waals surface area (Å²) in [5, 5.41) is 4.03. The predicted molar refractivity (Wildman–Crippen MR) is 122 cm³/mol. The molecule has 3 aromatic rings. The van der Waals surface area contributed by atoms with Gasteiger partial charge in [0.25, 0.3) is 0 Å². The fraction of sp³-hybridized carbons (Fsp3) is 0.318. The number of ether oxygens (including phenoxy) is 2. The van der Waals surface area contributed by atoms with E-state index in [1.165, 1.54) is 0 Å². The first-order valence-corrected chi connectivity index (χ1v) is 10.2. The van der Waals surface area contributed by atoms with E-state index in [1.54, 1.807) is 20.4 Å². The summed E-state index contributed by atoms with van der Waals surface area (Å²) in [6.07, 6.45) is 8.26. The molecule has 1 N–H and O–H groups in total. The van der Waals surface area contributed by atoms with Crippen molar-refractivity contribution in [2.45, 2.75) is 26.4 Å². The van der Waals surface area contributed by atoms with Gasteiger partial charge < -0.3 is 24.3 Å². The van der Waals surface area contributed by atoms with Crippen molar-refractivity contribution in [2.24, 2.45) is 0 Å². The molecule has 0 saturated carbocycles. The van der Waals surface area contributed by atoms with Crippen LogP contribution in [0.4, 0.5) is 5.69 Å². The summed E-state index contributed by atoms with van der Waals surface area (Å²) in [5.41, 5.74) is 3.13. The molecule has 0 atom stereocenters. The molecule has 2 aromatic heterocycles. The lowest BCUT2D eigenvalue weighted by Gasteiger charge is -2.27. The van der Waals surface area contributed by atoms with Crippen molar-refractivity contribution in [3.63, 3.8) is 0 Å². The highest BCUT2D eigenvalue weighted by atomic mass is 32.1. The number of hydrogen-bond donors (Lipinski definition) is 1. The van der Waals surface area contributed by atoms with Gasteiger partial charge >= 0.3 is 0 Å². The largest absolute Gasteiger partial charge is 0.493 e. The van der Waals surface area contributed by atoms with Gasteiger partial charge in [-0.1, -0.05) is 6.07 Å². The third kappa shape index (κ3) is 5.48. The molecule has 0 bridgehead atoms. The van der Waals surface area contributed by atoms with Gasteiger partial charge in [-0.25, -0.2) is 4.98 Å². The number of aromatic nitrogens is 3. The van der Waals surface area contributed by atoms with E-state index in [4.69, 9.17) is 21.7 Å². The van der Waals surface area contributed by atoms with Gasteiger partial charge in [-0.05, 0) is 49.3 Å². The molecule has 158 valence electrons. The Balaban J connectivity index is 1.72. The summed E-state index contributed by atoms with van der Waals surface area (Å²) >= 11 is 5.74. The first-order valence-electron chi connectivity index (χ1n) is 9.75. The molecule has 0 amide bonds. The number of hydrogen-bond acceptors (Lipinski definition) is 5. The Hall–Kier alpha value is -3.13. The smallest absolute Gasteiger partial charge is 0.173 e. The number of pyridine rings is 1. The van der Waals surface area contributed by atoms with Crippen LogP contribution in [0.25, 0.3) is 0 Å². The van der Waals surface area contributed by atoms with Crippen LogP contribution in [0.15, 0.2) is 55.2 Å². The van der Waals surface area contributed by atoms with Crippen molar-refractivity contribution < 1.29 is 9.47 Å². The number of aryl methyl sites for hydroxylation is 2. The minimum Gasteiger partial charge on any atom is -0.493 e. The molecule has 0 spiro atoms. The van der Waals surface area contributed by atoms with Crippen molar-refractivity contribution in [2.75, 3.05) is 25.7 Å². The van der Waals surface area contributed by atoms with Gasteiger partial charge in [0, 0.05) is 49.1 Å². The Morgan fingerprint density at radius 2 is 1.97 bits per heavy atom. The maximum Gasteiger partial charge on any atom is 0.173 e. The summed E-state index contributed by atoms with van der Waals surface area (Å²) in [6.45, 7) is 4.29. The zero-order valence-corrected chi connectivity index (χ0v) is 18.4. The number of rotatable bonds is 9. The van der Waals surface area contributed by atoms with E-state index in [2.05, 4.69) is 26.8 Å². The van der Waals surface area contributed by atoms with Crippen molar-refractivity contribution in [1.82, 2.24) is 19.9 Å². The fourth-order valence-electron chi connectivity index (χ4n) is 3.11. The minimum absolute atomic E-state index is 0.593. The van der Waals surface area contributed by atoms with Gasteiger partial charge in [-0.2, -0.15) is 0 Å². The second kappa shape index (κ2) is 10.6. The van der Waals surface area contributed by atoms with Crippen molar-refractivity contribution in [3.8, 4) is 11.5 Å². The topological polar surface area (TPSA) is 64.4 Å². The molecular weight excluding hydrogens is 398 g/mol. The molecular formula is C22H27N5O2S. The van der Waals surface area contributed by atoms with E-state index < -0.39 is 0 Å². The Kier molecular flexibility index (Phi) is 7.62. The molecule has 0 aliphatic heterocycles. The zero-order valence-electron chi connectivity index (χ0n) is 17.5. The second-order valence-electron chi connectivity index (χ2n) is 6.80. The van der Waals surface area contributed by atoms with Crippen molar-refractivity contribution in [1.29, 1.82) is 0 Å². The lowest BCUT2D eigenvalue weighted by molar-refractivity contribution is 0.355. The molecule has 7 nitrogen and oxygen atoms in total. The van der Waals surface area contributed by atoms with Crippen LogP contribution in [0.3, 0.4) is 0 Å². The lowest BCUT2D eigenvalue weighted by Crippen LogP contribution is -2.40. The number of nitrogens with zero attached hydrogens (tertiary/aromatic N) is 4. The van der Waals surface area contributed by atoms with Gasteiger partial charge in [-0.15, -0.1) is 0 Å². The normalized spacial score (nSPS) is 10.5. The number of methoxy groups -OCH3 is 2. The zero-order chi connectivity index (χ0) is 21.3. The highest BCUT2D eigenvalue weighted by molar-refractivity contribution is 7.80. The maximum atomic E-state index is 5.74. The number of thiocarbonyl (C=S) groups is 1. The van der Waals surface area contributed by atoms with E-state index in [1.807, 2.05) is 54.0 Å². The molecule has 0 fully saturated rings. The molecule has 0 aliphatic carbocycles. The van der Waals surface area contributed by atoms with E-state index in [9.17, 15) is 0 Å². The quantitative estimate of drug-likeness (QED) is 0.415. The van der Waals surface area contributed by atoms with Crippen LogP contribution in [0.2, 0.25) is 0 Å². The molecule has 30 heavy (non-hydrogen) atoms. The molecule has 2 heterocycles. The van der Waals surface area contributed by atoms with Gasteiger partial charge in [0.1, 0.15) is 0 Å². The third-order valence-corrected chi connectivity index (χ3v) is 5.12. The number of anilines is 1. The van der Waals surface area contributed by atoms with Crippen LogP contribution in [0, 0.1) is 6.92 Å². The monoisotopic (exact) mass is 425 g/mol. The summed E-state index contributed by atoms with van der Waals surface area (Å²) in [7, 11) is 3.25. The standard InChI is InChI=1S/C22H27N5O2S/c1-17-13-24-16-26(17)11-5-10-25-22(30)27(15-18-6-4-9-23-14-18)19-7-8-20(28-2)21(12-19)29-3/h4,6-9,12-14,16H,5,10-11,15H2,1-3H3,(H,25,30). The first kappa shape index (κ1) is 21.6. The molecule has 0 aliphatic rings. The average Bonchev–Trinajstić information content (AvgIpc) is 3.19. The Morgan fingerprint density at radius 3 is 2.63 bits per heavy atom. The van der Waals surface area contributed by atoms with Crippen LogP contribution in [0.1, 0.15) is 17.7 Å². The van der Waals surface area contributed by atoms with E-state index >= 15 is 0 Å². The molecule has 0 radical (unpaired) electrons. The minimum atomic E-state index is 0.593. The fourth-order valence-corrected chi connectivity index (χ4v) is 3.38. The number of imidazole rings is 1. The molecule has 1 aromatic carbocycles. The highest BCUT2D eigenvalue weighted by Crippen LogP contribution is 2.32. The van der Waals surface area contributed by atoms with Crippen LogP contribution >= 0.6 is 12.2 Å². The Bertz CT molecular complexity index is 961. The van der Waals surface area contributed by atoms with Gasteiger partial charge in [0.2, 0.25) is 0 Å². The summed E-state index contributed by atoms with van der Waals surface area (Å²) in [5.74, 6) is 1.33. The van der Waals surface area contributed by atoms with Gasteiger partial charge in [0.15, 0.2) is 16.6 Å². The van der Waals surface area contributed by atoms with E-state index in [0.29, 0.717) is 23.2 Å². The summed E-state index contributed by atoms with van der Waals surface area (Å²) < 4.78 is 13.0. The molecule has 3 rings (SSSR count). The average molecular weight is 426 g/mol. The second-order valence-corrected chi connectivity index (χ2v) is 7.19. The lowest BCUT2D eigenvalue weighted by atomic mass is 10.2. The van der Waals surface area contributed by atoms with Gasteiger partial charge in [0.05, 0.1) is 27.1 Å². The van der Waals surface area contributed by atoms with Crippen LogP contribution < -0.4 is 19.7 Å². The number of benzene rings is 1. The molecule has 0 saturated heterocycles. The Morgan fingerprint density at radius 1 is 1.13 bits per heavy atom. The van der Waals surface area contributed by atoms with E-state index in [0.717, 1.165) is 36.5 Å². The van der Waals surface area contributed by atoms with Crippen LogP contribution in [-0.2, 0) is 13.1 Å². The molecule has 8 heteroatoms. The van der Waals surface area contributed by atoms with Gasteiger partial charge in [-0.3, -0.25) is 4.98 Å². The van der Waals surface area contributed by atoms with Crippen molar-refractivity contribution in [3.05, 3.63) is 66.5 Å². The SMILES string of the molecule is COc1ccc(N(Cc2cccnc2)C(=S)NCCCn2cncc2C)cc1OC. The maximum absolute atomic E-state index is 5.74. The van der Waals surface area contributed by atoms with Crippen LogP contribution in [0.5, 0.6) is 11.5 Å². The third-order valence-electron chi connectivity index (χ3n) is 4.76. The highest BCUT2D eigenvalue weighted by Gasteiger charge is 2.16. The summed E-state index contributed by atoms with van der Waals surface area (Å²) in [4.78, 5) is 10.4. The predicted octanol–water partition coefficient (Wildman–Crippen LogP) is 3.58. The van der Waals surface area contributed by atoms with Crippen molar-refractivity contribution >= 4 is 23.0 Å². The van der Waals surface area contributed by atoms with Crippen LogP contribution in [-0.4, -0.2) is 40.4 Å². The summed E-state index contributed by atoms with van der Waals surface area (Å²) in [6, 6.07) is 9.74. The number of nitrogens with one attached hydrogen (secondary N) is 1. The Labute approximate surface area is 182 Å². The molecule has 0 unspecified atom stereocenters.